The molecule has 78 valence electrons. The second kappa shape index (κ2) is 4.03. The summed E-state index contributed by atoms with van der Waals surface area (Å²) in [5.41, 5.74) is 0. The molecule has 3 heteroatoms. The molecular weight excluding hydrogens is 176 g/mol. The van der Waals surface area contributed by atoms with Crippen LogP contribution < -0.4 is 0 Å². The minimum atomic E-state index is 0.272. The highest BCUT2D eigenvalue weighted by atomic mass is 16.3. The van der Waals surface area contributed by atoms with Crippen LogP contribution >= 0.6 is 0 Å². The quantitative estimate of drug-likeness (QED) is 0.785. The molecule has 1 aliphatic carbocycles. The van der Waals surface area contributed by atoms with Crippen molar-refractivity contribution in [1.29, 1.82) is 0 Å². The van der Waals surface area contributed by atoms with Gasteiger partial charge in [-0.3, -0.25) is 4.68 Å². The number of nitrogens with zero attached hydrogens (tertiary/aromatic N) is 2. The van der Waals surface area contributed by atoms with Gasteiger partial charge >= 0.3 is 0 Å². The van der Waals surface area contributed by atoms with Gasteiger partial charge in [0.2, 0.25) is 0 Å². The van der Waals surface area contributed by atoms with Crippen LogP contribution in [-0.4, -0.2) is 14.9 Å². The van der Waals surface area contributed by atoms with E-state index in [0.717, 1.165) is 18.4 Å². The molecule has 1 aromatic heterocycles. The van der Waals surface area contributed by atoms with Crippen molar-refractivity contribution < 1.29 is 5.11 Å². The molecule has 1 aliphatic rings. The van der Waals surface area contributed by atoms with Gasteiger partial charge in [-0.25, -0.2) is 0 Å². The number of rotatable bonds is 2. The van der Waals surface area contributed by atoms with Gasteiger partial charge in [-0.1, -0.05) is 19.8 Å². The zero-order valence-electron chi connectivity index (χ0n) is 8.69. The van der Waals surface area contributed by atoms with E-state index in [1.807, 2.05) is 4.68 Å². The molecule has 1 fully saturated rings. The van der Waals surface area contributed by atoms with Gasteiger partial charge in [0.05, 0.1) is 12.4 Å². The normalized spacial score (nSPS) is 27.8. The van der Waals surface area contributed by atoms with Crippen LogP contribution in [0.5, 0.6) is 5.75 Å². The van der Waals surface area contributed by atoms with Crippen molar-refractivity contribution in [2.45, 2.75) is 39.2 Å². The molecule has 1 heterocycles. The van der Waals surface area contributed by atoms with E-state index in [0.29, 0.717) is 0 Å². The second-order valence-electron chi connectivity index (χ2n) is 4.56. The zero-order valence-corrected chi connectivity index (χ0v) is 8.69. The molecule has 0 aromatic carbocycles. The monoisotopic (exact) mass is 194 g/mol. The molecule has 0 amide bonds. The van der Waals surface area contributed by atoms with Crippen LogP contribution in [0.1, 0.15) is 32.6 Å². The van der Waals surface area contributed by atoms with Crippen LogP contribution in [0.3, 0.4) is 0 Å². The summed E-state index contributed by atoms with van der Waals surface area (Å²) in [5.74, 6) is 1.88. The Morgan fingerprint density at radius 3 is 3.07 bits per heavy atom. The zero-order chi connectivity index (χ0) is 9.97. The van der Waals surface area contributed by atoms with Crippen molar-refractivity contribution in [2.75, 3.05) is 0 Å². The predicted octanol–water partition coefficient (Wildman–Crippen LogP) is 2.42. The Morgan fingerprint density at radius 1 is 1.57 bits per heavy atom. The van der Waals surface area contributed by atoms with Gasteiger partial charge in [0.25, 0.3) is 0 Å². The highest BCUT2D eigenvalue weighted by Gasteiger charge is 2.19. The SMILES string of the molecule is CC1CCCC(Cn2cc(O)cn2)C1. The Balaban J connectivity index is 1.90. The van der Waals surface area contributed by atoms with Gasteiger partial charge in [0, 0.05) is 6.54 Å². The van der Waals surface area contributed by atoms with E-state index >= 15 is 0 Å². The molecule has 0 aliphatic heterocycles. The van der Waals surface area contributed by atoms with Gasteiger partial charge in [-0.15, -0.1) is 0 Å². The molecule has 0 bridgehead atoms. The van der Waals surface area contributed by atoms with Crippen molar-refractivity contribution >= 4 is 0 Å². The van der Waals surface area contributed by atoms with Crippen molar-refractivity contribution in [2.24, 2.45) is 11.8 Å². The second-order valence-corrected chi connectivity index (χ2v) is 4.56. The molecule has 0 spiro atoms. The third-order valence-electron chi connectivity index (χ3n) is 3.11. The minimum absolute atomic E-state index is 0.272. The molecule has 2 unspecified atom stereocenters. The maximum Gasteiger partial charge on any atom is 0.153 e. The number of aromatic hydroxyl groups is 1. The fourth-order valence-corrected chi connectivity index (χ4v) is 2.44. The Hall–Kier alpha value is -0.990. The van der Waals surface area contributed by atoms with E-state index in [9.17, 15) is 0 Å². The molecule has 2 rings (SSSR count). The Kier molecular flexibility index (Phi) is 2.75. The Morgan fingerprint density at radius 2 is 2.43 bits per heavy atom. The molecule has 14 heavy (non-hydrogen) atoms. The molecule has 3 nitrogen and oxygen atoms in total. The molecule has 1 N–H and O–H groups in total. The fraction of sp³-hybridized carbons (Fsp3) is 0.727. The van der Waals surface area contributed by atoms with Crippen molar-refractivity contribution in [3.8, 4) is 5.75 Å². The maximum atomic E-state index is 9.15. The first-order valence-corrected chi connectivity index (χ1v) is 5.45. The first kappa shape index (κ1) is 9.56. The van der Waals surface area contributed by atoms with Crippen molar-refractivity contribution in [1.82, 2.24) is 9.78 Å². The third-order valence-corrected chi connectivity index (χ3v) is 3.11. The highest BCUT2D eigenvalue weighted by molar-refractivity contribution is 5.08. The summed E-state index contributed by atoms with van der Waals surface area (Å²) < 4.78 is 1.86. The van der Waals surface area contributed by atoms with Crippen molar-refractivity contribution in [3.05, 3.63) is 12.4 Å². The lowest BCUT2D eigenvalue weighted by atomic mass is 9.82. The molecule has 2 atom stereocenters. The van der Waals surface area contributed by atoms with Gasteiger partial charge < -0.3 is 5.11 Å². The Labute approximate surface area is 84.7 Å². The summed E-state index contributed by atoms with van der Waals surface area (Å²) in [6.45, 7) is 3.29. The van der Waals surface area contributed by atoms with Crippen LogP contribution in [0, 0.1) is 11.8 Å². The molecule has 1 aromatic rings. The summed E-state index contributed by atoms with van der Waals surface area (Å²) in [6.07, 6.45) is 8.55. The van der Waals surface area contributed by atoms with Crippen LogP contribution in [-0.2, 0) is 6.54 Å². The lowest BCUT2D eigenvalue weighted by molar-refractivity contribution is 0.250. The van der Waals surface area contributed by atoms with Gasteiger partial charge in [0.15, 0.2) is 5.75 Å². The van der Waals surface area contributed by atoms with E-state index in [4.69, 9.17) is 5.11 Å². The summed E-state index contributed by atoms with van der Waals surface area (Å²) in [6, 6.07) is 0. The summed E-state index contributed by atoms with van der Waals surface area (Å²) in [5, 5.41) is 13.3. The number of hydrogen-bond donors (Lipinski definition) is 1. The average molecular weight is 194 g/mol. The van der Waals surface area contributed by atoms with E-state index in [2.05, 4.69) is 12.0 Å². The lowest BCUT2D eigenvalue weighted by Crippen LogP contribution is -2.18. The standard InChI is InChI=1S/C11H18N2O/c1-9-3-2-4-10(5-9)7-13-8-11(14)6-12-13/h6,8-10,14H,2-5,7H2,1H3. The van der Waals surface area contributed by atoms with Gasteiger partial charge in [-0.2, -0.15) is 5.10 Å². The van der Waals surface area contributed by atoms with E-state index in [1.54, 1.807) is 6.20 Å². The van der Waals surface area contributed by atoms with E-state index < -0.39 is 0 Å². The van der Waals surface area contributed by atoms with E-state index in [-0.39, 0.29) is 5.75 Å². The van der Waals surface area contributed by atoms with Crippen LogP contribution in [0.15, 0.2) is 12.4 Å². The lowest BCUT2D eigenvalue weighted by Gasteiger charge is -2.26. The summed E-state index contributed by atoms with van der Waals surface area (Å²) in [7, 11) is 0. The fourth-order valence-electron chi connectivity index (χ4n) is 2.44. The highest BCUT2D eigenvalue weighted by Crippen LogP contribution is 2.29. The average Bonchev–Trinajstić information content (AvgIpc) is 2.51. The predicted molar refractivity (Wildman–Crippen MR) is 55.0 cm³/mol. The topological polar surface area (TPSA) is 38.0 Å². The molecule has 0 radical (unpaired) electrons. The van der Waals surface area contributed by atoms with Gasteiger partial charge in [0.1, 0.15) is 0 Å². The first-order valence-electron chi connectivity index (χ1n) is 5.45. The van der Waals surface area contributed by atoms with Crippen LogP contribution in [0.25, 0.3) is 0 Å². The van der Waals surface area contributed by atoms with Crippen LogP contribution in [0.2, 0.25) is 0 Å². The summed E-state index contributed by atoms with van der Waals surface area (Å²) >= 11 is 0. The van der Waals surface area contributed by atoms with Crippen molar-refractivity contribution in [3.63, 3.8) is 0 Å². The smallest absolute Gasteiger partial charge is 0.153 e. The maximum absolute atomic E-state index is 9.15. The first-order chi connectivity index (χ1) is 6.74. The minimum Gasteiger partial charge on any atom is -0.505 e. The molecule has 0 saturated heterocycles. The van der Waals surface area contributed by atoms with Gasteiger partial charge in [-0.05, 0) is 24.7 Å². The van der Waals surface area contributed by atoms with E-state index in [1.165, 1.54) is 31.9 Å². The Bertz CT molecular complexity index is 295. The van der Waals surface area contributed by atoms with Crippen LogP contribution in [0.4, 0.5) is 0 Å². The molecule has 1 saturated carbocycles. The molecular formula is C11H18N2O. The largest absolute Gasteiger partial charge is 0.505 e. The summed E-state index contributed by atoms with van der Waals surface area (Å²) in [4.78, 5) is 0. The number of aromatic nitrogens is 2. The number of hydrogen-bond acceptors (Lipinski definition) is 2. The third kappa shape index (κ3) is 2.28.